The number of aliphatic hydroxyl groups is 2. The molecule has 0 aliphatic carbocycles. The quantitative estimate of drug-likeness (QED) is 0.0273. The van der Waals surface area contributed by atoms with Crippen molar-refractivity contribution in [2.75, 3.05) is 72.5 Å². The summed E-state index contributed by atoms with van der Waals surface area (Å²) in [5.41, 5.74) is 3.61. The van der Waals surface area contributed by atoms with Gasteiger partial charge in [0.25, 0.3) is 0 Å². The first-order valence-electron chi connectivity index (χ1n) is 28.7. The SMILES string of the molecule is CC(C)(C)OC(=O)CCCCCCCCCCCCCCCCC(=O)NC(CCC(=O)NCCOCCOCC(=O)NCCOCCOCC(=O)NCCCc1cc(CO)ccc1-c1ccc(CO)cc1)C(=O)OC(C)(C)C. The van der Waals surface area contributed by atoms with Crippen molar-refractivity contribution < 1.29 is 67.4 Å². The predicted octanol–water partition coefficient (Wildman–Crippen LogP) is 7.88. The van der Waals surface area contributed by atoms with Crippen LogP contribution >= 0.6 is 0 Å². The minimum absolute atomic E-state index is 0.00970. The number of hydrogen-bond donors (Lipinski definition) is 6. The van der Waals surface area contributed by atoms with Crippen molar-refractivity contribution >= 4 is 35.6 Å². The molecule has 6 N–H and O–H groups in total. The first-order valence-corrected chi connectivity index (χ1v) is 28.7. The van der Waals surface area contributed by atoms with Crippen molar-refractivity contribution in [1.82, 2.24) is 21.3 Å². The molecule has 2 aromatic carbocycles. The minimum Gasteiger partial charge on any atom is -0.460 e. The van der Waals surface area contributed by atoms with Crippen molar-refractivity contribution in [3.8, 4) is 11.1 Å². The Morgan fingerprint density at radius 1 is 0.474 bits per heavy atom. The molecule has 0 bridgehead atoms. The first kappa shape index (κ1) is 69.1. The van der Waals surface area contributed by atoms with Crippen molar-refractivity contribution in [2.24, 2.45) is 0 Å². The highest BCUT2D eigenvalue weighted by Crippen LogP contribution is 2.27. The van der Waals surface area contributed by atoms with Gasteiger partial charge in [-0.25, -0.2) is 4.79 Å². The molecule has 0 saturated heterocycles. The van der Waals surface area contributed by atoms with Crippen LogP contribution in [0.15, 0.2) is 42.5 Å². The van der Waals surface area contributed by atoms with Crippen LogP contribution < -0.4 is 21.3 Å². The molecule has 2 aromatic rings. The van der Waals surface area contributed by atoms with Gasteiger partial charge in [0.2, 0.25) is 23.6 Å². The smallest absolute Gasteiger partial charge is 0.329 e. The van der Waals surface area contributed by atoms with Crippen molar-refractivity contribution in [3.63, 3.8) is 0 Å². The highest BCUT2D eigenvalue weighted by Gasteiger charge is 2.27. The van der Waals surface area contributed by atoms with E-state index in [4.69, 9.17) is 28.4 Å². The Labute approximate surface area is 465 Å². The molecule has 18 nitrogen and oxygen atoms in total. The highest BCUT2D eigenvalue weighted by atomic mass is 16.6. The second-order valence-corrected chi connectivity index (χ2v) is 21.7. The van der Waals surface area contributed by atoms with Gasteiger partial charge in [-0.1, -0.05) is 120 Å². The third kappa shape index (κ3) is 37.0. The maximum Gasteiger partial charge on any atom is 0.329 e. The van der Waals surface area contributed by atoms with Gasteiger partial charge in [0, 0.05) is 38.9 Å². The Bertz CT molecular complexity index is 1990. The lowest BCUT2D eigenvalue weighted by molar-refractivity contribution is -0.159. The Morgan fingerprint density at radius 2 is 0.936 bits per heavy atom. The number of nitrogens with one attached hydrogen (secondary N) is 4. The van der Waals surface area contributed by atoms with Crippen LogP contribution in [0, 0.1) is 0 Å². The van der Waals surface area contributed by atoms with E-state index in [0.717, 1.165) is 66.3 Å². The Hall–Kier alpha value is -4.98. The molecule has 0 aromatic heterocycles. The van der Waals surface area contributed by atoms with E-state index in [0.29, 0.717) is 32.2 Å². The molecule has 1 unspecified atom stereocenters. The van der Waals surface area contributed by atoms with Gasteiger partial charge < -0.3 is 59.9 Å². The molecule has 1 atom stereocenters. The monoisotopic (exact) mass is 1100 g/mol. The number of aliphatic hydroxyl groups excluding tert-OH is 2. The number of ether oxygens (including phenoxy) is 6. The summed E-state index contributed by atoms with van der Waals surface area (Å²) < 4.78 is 32.7. The van der Waals surface area contributed by atoms with Crippen LogP contribution in [0.1, 0.15) is 180 Å². The van der Waals surface area contributed by atoms with Gasteiger partial charge >= 0.3 is 11.9 Å². The minimum atomic E-state index is -0.941. The number of unbranched alkanes of at least 4 members (excludes halogenated alkanes) is 13. The fourth-order valence-corrected chi connectivity index (χ4v) is 8.25. The van der Waals surface area contributed by atoms with E-state index in [9.17, 15) is 39.0 Å². The maximum absolute atomic E-state index is 13.0. The molecule has 0 heterocycles. The second kappa shape index (κ2) is 42.0. The van der Waals surface area contributed by atoms with Gasteiger partial charge in [-0.2, -0.15) is 0 Å². The molecule has 0 saturated carbocycles. The lowest BCUT2D eigenvalue weighted by Crippen LogP contribution is -2.44. The van der Waals surface area contributed by atoms with Crippen LogP contribution in [0.3, 0.4) is 0 Å². The highest BCUT2D eigenvalue weighted by molar-refractivity contribution is 5.85. The van der Waals surface area contributed by atoms with Crippen molar-refractivity contribution in [3.05, 3.63) is 59.2 Å². The Morgan fingerprint density at radius 3 is 1.45 bits per heavy atom. The normalized spacial score (nSPS) is 11.9. The number of aryl methyl sites for hydroxylation is 1. The molecule has 0 spiro atoms. The number of carbonyl (C=O) groups excluding carboxylic acids is 6. The summed E-state index contributed by atoms with van der Waals surface area (Å²) in [5.74, 6) is -1.75. The largest absolute Gasteiger partial charge is 0.460 e. The molecule has 0 fully saturated rings. The molecule has 0 aliphatic heterocycles. The van der Waals surface area contributed by atoms with Gasteiger partial charge in [-0.05, 0) is 101 Å². The van der Waals surface area contributed by atoms with Gasteiger partial charge in [0.1, 0.15) is 30.5 Å². The molecule has 18 heteroatoms. The van der Waals surface area contributed by atoms with Crippen molar-refractivity contribution in [2.45, 2.75) is 200 Å². The summed E-state index contributed by atoms with van der Waals surface area (Å²) in [4.78, 5) is 74.6. The molecule has 78 heavy (non-hydrogen) atoms. The molecule has 0 radical (unpaired) electrons. The molecule has 0 aliphatic rings. The number of hydrogen-bond acceptors (Lipinski definition) is 14. The number of benzene rings is 2. The van der Waals surface area contributed by atoms with E-state index in [1.807, 2.05) is 63.2 Å². The van der Waals surface area contributed by atoms with E-state index in [2.05, 4.69) is 21.3 Å². The third-order valence-corrected chi connectivity index (χ3v) is 12.2. The fourth-order valence-electron chi connectivity index (χ4n) is 8.25. The molecular formula is C60H98N4O14. The van der Waals surface area contributed by atoms with Gasteiger partial charge in [0.15, 0.2) is 0 Å². The van der Waals surface area contributed by atoms with Crippen LogP contribution in [0.5, 0.6) is 0 Å². The van der Waals surface area contributed by atoms with Crippen LogP contribution in [0.2, 0.25) is 0 Å². The fraction of sp³-hybridized carbons (Fsp3) is 0.700. The molecule has 442 valence electrons. The van der Waals surface area contributed by atoms with E-state index in [1.54, 1.807) is 20.8 Å². The van der Waals surface area contributed by atoms with Gasteiger partial charge in [-0.3, -0.25) is 24.0 Å². The average molecular weight is 1100 g/mol. The number of carbonyl (C=O) groups is 6. The standard InChI is InChI=1S/C60H98N4O14/c1-59(2,3)77-57(71)24-20-18-16-14-12-10-8-7-9-11-13-15-17-19-23-54(68)64-52(58(72)78-60(4,5)6)31-32-53(67)62-34-36-73-38-41-76-46-56(70)63-35-37-74-39-40-75-45-55(69)61-33-21-22-50-42-48(44-66)27-30-51(50)49-28-25-47(43-65)26-29-49/h25-30,42,52,65-66H,7-24,31-41,43-46H2,1-6H3,(H,61,69)(H,62,67)(H,63,70)(H,64,68). The Kier molecular flexibility index (Phi) is 37.2. The van der Waals surface area contributed by atoms with E-state index >= 15 is 0 Å². The number of esters is 2. The number of rotatable bonds is 45. The lowest BCUT2D eigenvalue weighted by atomic mass is 9.94. The topological polar surface area (TPSA) is 246 Å². The number of amides is 4. The summed E-state index contributed by atoms with van der Waals surface area (Å²) in [6.45, 7) is 12.9. The van der Waals surface area contributed by atoms with E-state index in [-0.39, 0.29) is 122 Å². The summed E-state index contributed by atoms with van der Waals surface area (Å²) in [5, 5.41) is 30.1. The summed E-state index contributed by atoms with van der Waals surface area (Å²) >= 11 is 0. The van der Waals surface area contributed by atoms with E-state index in [1.165, 1.54) is 51.4 Å². The molecule has 4 amide bonds. The van der Waals surface area contributed by atoms with Crippen molar-refractivity contribution in [1.29, 1.82) is 0 Å². The average Bonchev–Trinajstić information content (AvgIpc) is 3.40. The van der Waals surface area contributed by atoms with Crippen LogP contribution in [-0.2, 0) is 76.8 Å². The zero-order chi connectivity index (χ0) is 57.3. The summed E-state index contributed by atoms with van der Waals surface area (Å²) in [7, 11) is 0. The summed E-state index contributed by atoms with van der Waals surface area (Å²) in [6, 6.07) is 12.6. The third-order valence-electron chi connectivity index (χ3n) is 12.2. The van der Waals surface area contributed by atoms with Gasteiger partial charge in [0.05, 0.1) is 52.9 Å². The van der Waals surface area contributed by atoms with Crippen LogP contribution in [0.4, 0.5) is 0 Å². The van der Waals surface area contributed by atoms with Gasteiger partial charge in [-0.15, -0.1) is 0 Å². The Balaban J connectivity index is 1.44. The maximum atomic E-state index is 13.0. The second-order valence-electron chi connectivity index (χ2n) is 21.7. The molecular weight excluding hydrogens is 1000 g/mol. The van der Waals surface area contributed by atoms with Crippen LogP contribution in [-0.4, -0.2) is 136 Å². The first-order chi connectivity index (χ1) is 37.4. The lowest BCUT2D eigenvalue weighted by Gasteiger charge is -2.24. The zero-order valence-electron chi connectivity index (χ0n) is 48.2. The van der Waals surface area contributed by atoms with Crippen LogP contribution in [0.25, 0.3) is 11.1 Å². The molecule has 2 rings (SSSR count). The zero-order valence-corrected chi connectivity index (χ0v) is 48.2. The predicted molar refractivity (Wildman–Crippen MR) is 301 cm³/mol. The van der Waals surface area contributed by atoms with E-state index < -0.39 is 23.2 Å². The summed E-state index contributed by atoms with van der Waals surface area (Å²) in [6.07, 6.45) is 17.9.